The Bertz CT molecular complexity index is 534. The van der Waals surface area contributed by atoms with Gasteiger partial charge in [-0.15, -0.1) is 11.3 Å². The first-order valence-electron chi connectivity index (χ1n) is 6.01. The molecular weight excluding hydrogens is 247 g/mol. The standard InChI is InChI=1S/C14H17FN2S/c1-9(2)16-7-12-8-17-14(18-12)11-5-4-10(3)13(15)6-11/h4-6,8-9,16H,7H2,1-3H3. The van der Waals surface area contributed by atoms with Gasteiger partial charge >= 0.3 is 0 Å². The SMILES string of the molecule is Cc1ccc(-c2ncc(CNC(C)C)s2)cc1F. The third kappa shape index (κ3) is 3.15. The molecular formula is C14H17FN2S. The topological polar surface area (TPSA) is 24.9 Å². The molecule has 96 valence electrons. The van der Waals surface area contributed by atoms with Gasteiger partial charge < -0.3 is 5.32 Å². The molecule has 1 N–H and O–H groups in total. The highest BCUT2D eigenvalue weighted by molar-refractivity contribution is 7.15. The molecule has 0 bridgehead atoms. The number of aryl methyl sites for hydroxylation is 1. The smallest absolute Gasteiger partial charge is 0.126 e. The maximum Gasteiger partial charge on any atom is 0.126 e. The molecule has 0 aliphatic carbocycles. The van der Waals surface area contributed by atoms with Gasteiger partial charge in [-0.2, -0.15) is 0 Å². The van der Waals surface area contributed by atoms with Crippen molar-refractivity contribution in [2.24, 2.45) is 0 Å². The summed E-state index contributed by atoms with van der Waals surface area (Å²) in [5.41, 5.74) is 1.51. The van der Waals surface area contributed by atoms with Gasteiger partial charge in [0, 0.05) is 29.2 Å². The lowest BCUT2D eigenvalue weighted by Crippen LogP contribution is -2.21. The van der Waals surface area contributed by atoms with Crippen molar-refractivity contribution in [2.75, 3.05) is 0 Å². The number of benzene rings is 1. The van der Waals surface area contributed by atoms with E-state index in [9.17, 15) is 4.39 Å². The minimum Gasteiger partial charge on any atom is -0.310 e. The van der Waals surface area contributed by atoms with Crippen molar-refractivity contribution in [3.63, 3.8) is 0 Å². The minimum absolute atomic E-state index is 0.176. The largest absolute Gasteiger partial charge is 0.310 e. The number of nitrogens with zero attached hydrogens (tertiary/aromatic N) is 1. The summed E-state index contributed by atoms with van der Waals surface area (Å²) in [4.78, 5) is 5.51. The summed E-state index contributed by atoms with van der Waals surface area (Å²) in [5.74, 6) is -0.176. The number of thiazole rings is 1. The Labute approximate surface area is 111 Å². The average molecular weight is 264 g/mol. The molecule has 4 heteroatoms. The van der Waals surface area contributed by atoms with E-state index in [1.165, 1.54) is 4.88 Å². The van der Waals surface area contributed by atoms with E-state index in [4.69, 9.17) is 0 Å². The van der Waals surface area contributed by atoms with Crippen molar-refractivity contribution in [3.8, 4) is 10.6 Å². The lowest BCUT2D eigenvalue weighted by Gasteiger charge is -2.04. The number of aromatic nitrogens is 1. The van der Waals surface area contributed by atoms with Crippen LogP contribution in [0.15, 0.2) is 24.4 Å². The Morgan fingerprint density at radius 1 is 1.39 bits per heavy atom. The third-order valence-corrected chi connectivity index (χ3v) is 3.70. The van der Waals surface area contributed by atoms with Gasteiger partial charge in [-0.1, -0.05) is 26.0 Å². The van der Waals surface area contributed by atoms with Crippen LogP contribution >= 0.6 is 11.3 Å². The molecule has 2 nitrogen and oxygen atoms in total. The second kappa shape index (κ2) is 5.59. The number of rotatable bonds is 4. The highest BCUT2D eigenvalue weighted by Crippen LogP contribution is 2.26. The molecule has 0 amide bonds. The fourth-order valence-corrected chi connectivity index (χ4v) is 2.41. The van der Waals surface area contributed by atoms with Gasteiger partial charge in [0.1, 0.15) is 10.8 Å². The fourth-order valence-electron chi connectivity index (χ4n) is 1.55. The third-order valence-electron chi connectivity index (χ3n) is 2.66. The number of halogens is 1. The van der Waals surface area contributed by atoms with Gasteiger partial charge in [0.05, 0.1) is 0 Å². The van der Waals surface area contributed by atoms with Crippen molar-refractivity contribution in [2.45, 2.75) is 33.4 Å². The first-order valence-corrected chi connectivity index (χ1v) is 6.82. The van der Waals surface area contributed by atoms with Gasteiger partial charge in [-0.3, -0.25) is 0 Å². The molecule has 1 aromatic carbocycles. The molecule has 0 radical (unpaired) electrons. The zero-order chi connectivity index (χ0) is 13.1. The van der Waals surface area contributed by atoms with Crippen LogP contribution < -0.4 is 5.32 Å². The number of hydrogen-bond acceptors (Lipinski definition) is 3. The monoisotopic (exact) mass is 264 g/mol. The van der Waals surface area contributed by atoms with Gasteiger partial charge in [-0.05, 0) is 18.6 Å². The first kappa shape index (κ1) is 13.2. The minimum atomic E-state index is -0.176. The van der Waals surface area contributed by atoms with E-state index < -0.39 is 0 Å². The van der Waals surface area contributed by atoms with Gasteiger partial charge in [0.15, 0.2) is 0 Å². The highest BCUT2D eigenvalue weighted by Gasteiger charge is 2.07. The van der Waals surface area contributed by atoms with Crippen molar-refractivity contribution < 1.29 is 4.39 Å². The van der Waals surface area contributed by atoms with Crippen molar-refractivity contribution in [1.82, 2.24) is 10.3 Å². The molecule has 0 saturated heterocycles. The zero-order valence-electron chi connectivity index (χ0n) is 10.8. The van der Waals surface area contributed by atoms with Crippen LogP contribution in [0.5, 0.6) is 0 Å². The molecule has 2 aromatic rings. The Morgan fingerprint density at radius 3 is 2.83 bits per heavy atom. The van der Waals surface area contributed by atoms with Crippen LogP contribution in [0.2, 0.25) is 0 Å². The molecule has 18 heavy (non-hydrogen) atoms. The van der Waals surface area contributed by atoms with Gasteiger partial charge in [0.2, 0.25) is 0 Å². The van der Waals surface area contributed by atoms with Gasteiger partial charge in [0.25, 0.3) is 0 Å². The summed E-state index contributed by atoms with van der Waals surface area (Å²) < 4.78 is 13.5. The average Bonchev–Trinajstić information content (AvgIpc) is 2.79. The molecule has 2 rings (SSSR count). The molecule has 0 spiro atoms. The van der Waals surface area contributed by atoms with Crippen molar-refractivity contribution >= 4 is 11.3 Å². The molecule has 1 aromatic heterocycles. The number of hydrogen-bond donors (Lipinski definition) is 1. The summed E-state index contributed by atoms with van der Waals surface area (Å²) in [7, 11) is 0. The van der Waals surface area contributed by atoms with E-state index in [-0.39, 0.29) is 5.82 Å². The van der Waals surface area contributed by atoms with E-state index >= 15 is 0 Å². The Kier molecular flexibility index (Phi) is 4.09. The lowest BCUT2D eigenvalue weighted by atomic mass is 10.1. The summed E-state index contributed by atoms with van der Waals surface area (Å²) in [6, 6.07) is 5.70. The predicted octanol–water partition coefficient (Wildman–Crippen LogP) is 3.76. The summed E-state index contributed by atoms with van der Waals surface area (Å²) >= 11 is 1.60. The normalized spacial score (nSPS) is 11.2. The molecule has 0 aliphatic heterocycles. The van der Waals surface area contributed by atoms with E-state index in [0.29, 0.717) is 11.6 Å². The zero-order valence-corrected chi connectivity index (χ0v) is 11.6. The molecule has 0 aliphatic rings. The number of nitrogens with one attached hydrogen (secondary N) is 1. The second-order valence-corrected chi connectivity index (χ2v) is 5.75. The summed E-state index contributed by atoms with van der Waals surface area (Å²) in [6.45, 7) is 6.79. The second-order valence-electron chi connectivity index (χ2n) is 4.63. The first-order chi connectivity index (χ1) is 8.56. The Morgan fingerprint density at radius 2 is 2.17 bits per heavy atom. The summed E-state index contributed by atoms with van der Waals surface area (Å²) in [6.07, 6.45) is 1.85. The maximum absolute atomic E-state index is 13.5. The Hall–Kier alpha value is -1.26. The summed E-state index contributed by atoms with van der Waals surface area (Å²) in [5, 5.41) is 4.21. The lowest BCUT2D eigenvalue weighted by molar-refractivity contribution is 0.593. The maximum atomic E-state index is 13.5. The van der Waals surface area contributed by atoms with E-state index in [2.05, 4.69) is 24.1 Å². The predicted molar refractivity (Wildman–Crippen MR) is 74.2 cm³/mol. The van der Waals surface area contributed by atoms with Crippen LogP contribution in [-0.4, -0.2) is 11.0 Å². The molecule has 0 unspecified atom stereocenters. The van der Waals surface area contributed by atoms with Crippen molar-refractivity contribution in [3.05, 3.63) is 40.7 Å². The Balaban J connectivity index is 2.16. The van der Waals surface area contributed by atoms with Gasteiger partial charge in [-0.25, -0.2) is 9.37 Å². The van der Waals surface area contributed by atoms with E-state index in [0.717, 1.165) is 17.1 Å². The fraction of sp³-hybridized carbons (Fsp3) is 0.357. The van der Waals surface area contributed by atoms with Crippen LogP contribution in [0.25, 0.3) is 10.6 Å². The quantitative estimate of drug-likeness (QED) is 0.909. The molecule has 0 atom stereocenters. The van der Waals surface area contributed by atoms with Crippen LogP contribution in [-0.2, 0) is 6.54 Å². The van der Waals surface area contributed by atoms with Crippen LogP contribution in [0.1, 0.15) is 24.3 Å². The van der Waals surface area contributed by atoms with Crippen LogP contribution in [0.3, 0.4) is 0 Å². The van der Waals surface area contributed by atoms with Crippen LogP contribution in [0, 0.1) is 12.7 Å². The molecule has 0 fully saturated rings. The van der Waals surface area contributed by atoms with E-state index in [1.807, 2.05) is 12.3 Å². The molecule has 1 heterocycles. The molecule has 0 saturated carbocycles. The van der Waals surface area contributed by atoms with Crippen molar-refractivity contribution in [1.29, 1.82) is 0 Å². The van der Waals surface area contributed by atoms with Crippen LogP contribution in [0.4, 0.5) is 4.39 Å². The van der Waals surface area contributed by atoms with E-state index in [1.54, 1.807) is 30.4 Å². The highest BCUT2D eigenvalue weighted by atomic mass is 32.1.